The van der Waals surface area contributed by atoms with Crippen molar-refractivity contribution in [3.63, 3.8) is 0 Å². The summed E-state index contributed by atoms with van der Waals surface area (Å²) in [4.78, 5) is 7.12. The number of guanidine groups is 1. The summed E-state index contributed by atoms with van der Waals surface area (Å²) in [5.74, 6) is 0.907. The molecule has 2 rings (SSSR count). The number of halogens is 1. The number of rotatable bonds is 6. The van der Waals surface area contributed by atoms with E-state index in [-0.39, 0.29) is 0 Å². The molecule has 1 aromatic rings. The summed E-state index contributed by atoms with van der Waals surface area (Å²) in [7, 11) is 2.19. The lowest BCUT2D eigenvalue weighted by molar-refractivity contribution is 0.317. The lowest BCUT2D eigenvalue weighted by atomic mass is 10.1. The maximum absolute atomic E-state index is 6.01. The van der Waals surface area contributed by atoms with Crippen LogP contribution in [-0.4, -0.2) is 50.1 Å². The van der Waals surface area contributed by atoms with E-state index in [4.69, 9.17) is 16.6 Å². The van der Waals surface area contributed by atoms with Gasteiger partial charge < -0.3 is 15.5 Å². The minimum atomic E-state index is 0.586. The van der Waals surface area contributed by atoms with E-state index in [1.165, 1.54) is 24.9 Å². The molecule has 0 aromatic heterocycles. The molecular weight excluding hydrogens is 296 g/mol. The van der Waals surface area contributed by atoms with E-state index in [0.29, 0.717) is 6.04 Å². The van der Waals surface area contributed by atoms with E-state index in [1.807, 2.05) is 18.2 Å². The van der Waals surface area contributed by atoms with Gasteiger partial charge in [-0.05, 0) is 57.5 Å². The number of hydrogen-bond donors (Lipinski definition) is 2. The molecule has 122 valence electrons. The number of nitrogens with one attached hydrogen (secondary N) is 2. The fourth-order valence-corrected chi connectivity index (χ4v) is 2.98. The van der Waals surface area contributed by atoms with Crippen molar-refractivity contribution in [2.75, 3.05) is 33.2 Å². The van der Waals surface area contributed by atoms with Gasteiger partial charge in [-0.3, -0.25) is 4.99 Å². The normalized spacial score (nSPS) is 19.4. The molecule has 1 aliphatic heterocycles. The highest BCUT2D eigenvalue weighted by molar-refractivity contribution is 6.30. The minimum absolute atomic E-state index is 0.586. The SMILES string of the molecule is CCNC(=NCC1CCCN1C)NCCc1cccc(Cl)c1. The molecule has 22 heavy (non-hydrogen) atoms. The van der Waals surface area contributed by atoms with Crippen molar-refractivity contribution in [2.24, 2.45) is 4.99 Å². The molecule has 0 aliphatic carbocycles. The number of nitrogens with zero attached hydrogens (tertiary/aromatic N) is 2. The third kappa shape index (κ3) is 5.50. The van der Waals surface area contributed by atoms with Crippen LogP contribution in [0, 0.1) is 0 Å². The number of hydrogen-bond acceptors (Lipinski definition) is 2. The summed E-state index contributed by atoms with van der Waals surface area (Å²) >= 11 is 6.01. The van der Waals surface area contributed by atoms with Gasteiger partial charge in [0.05, 0.1) is 6.54 Å². The predicted octanol–water partition coefficient (Wildman–Crippen LogP) is 2.53. The summed E-state index contributed by atoms with van der Waals surface area (Å²) < 4.78 is 0. The zero-order valence-corrected chi connectivity index (χ0v) is 14.4. The van der Waals surface area contributed by atoms with Gasteiger partial charge in [0.1, 0.15) is 0 Å². The average molecular weight is 323 g/mol. The molecule has 1 aliphatic rings. The molecule has 0 saturated carbocycles. The number of aliphatic imine (C=N–C) groups is 1. The molecule has 1 unspecified atom stereocenters. The Morgan fingerprint density at radius 3 is 2.95 bits per heavy atom. The van der Waals surface area contributed by atoms with Gasteiger partial charge in [0.2, 0.25) is 0 Å². The maximum atomic E-state index is 6.01. The zero-order valence-electron chi connectivity index (χ0n) is 13.6. The minimum Gasteiger partial charge on any atom is -0.357 e. The summed E-state index contributed by atoms with van der Waals surface area (Å²) in [6.45, 7) is 5.88. The van der Waals surface area contributed by atoms with E-state index in [9.17, 15) is 0 Å². The van der Waals surface area contributed by atoms with Gasteiger partial charge in [-0.15, -0.1) is 0 Å². The van der Waals surface area contributed by atoms with Gasteiger partial charge in [0.25, 0.3) is 0 Å². The molecule has 1 fully saturated rings. The second-order valence-electron chi connectivity index (χ2n) is 5.80. The molecule has 1 saturated heterocycles. The molecule has 4 nitrogen and oxygen atoms in total. The smallest absolute Gasteiger partial charge is 0.191 e. The number of likely N-dealkylation sites (tertiary alicyclic amines) is 1. The van der Waals surface area contributed by atoms with Gasteiger partial charge in [0, 0.05) is 24.2 Å². The van der Waals surface area contributed by atoms with Crippen LogP contribution in [0.4, 0.5) is 0 Å². The first-order chi connectivity index (χ1) is 10.7. The van der Waals surface area contributed by atoms with Gasteiger partial charge in [-0.25, -0.2) is 0 Å². The molecule has 0 amide bonds. The molecule has 5 heteroatoms. The van der Waals surface area contributed by atoms with Crippen LogP contribution in [0.3, 0.4) is 0 Å². The molecule has 1 heterocycles. The summed E-state index contributed by atoms with van der Waals surface area (Å²) in [5, 5.41) is 7.51. The highest BCUT2D eigenvalue weighted by atomic mass is 35.5. The summed E-state index contributed by atoms with van der Waals surface area (Å²) in [6, 6.07) is 8.60. The van der Waals surface area contributed by atoms with E-state index in [1.54, 1.807) is 0 Å². The Labute approximate surface area is 138 Å². The van der Waals surface area contributed by atoms with Crippen molar-refractivity contribution in [1.29, 1.82) is 0 Å². The van der Waals surface area contributed by atoms with Crippen LogP contribution in [0.1, 0.15) is 25.3 Å². The summed E-state index contributed by atoms with van der Waals surface area (Å²) in [6.07, 6.45) is 3.48. The van der Waals surface area contributed by atoms with Crippen LogP contribution in [0.15, 0.2) is 29.3 Å². The zero-order chi connectivity index (χ0) is 15.8. The topological polar surface area (TPSA) is 39.7 Å². The first kappa shape index (κ1) is 17.1. The van der Waals surface area contributed by atoms with Crippen LogP contribution in [0.5, 0.6) is 0 Å². The molecule has 0 bridgehead atoms. The van der Waals surface area contributed by atoms with Crippen LogP contribution < -0.4 is 10.6 Å². The Balaban J connectivity index is 1.80. The first-order valence-corrected chi connectivity index (χ1v) is 8.53. The largest absolute Gasteiger partial charge is 0.357 e. The Morgan fingerprint density at radius 2 is 2.27 bits per heavy atom. The Bertz CT molecular complexity index is 489. The molecule has 2 N–H and O–H groups in total. The summed E-state index contributed by atoms with van der Waals surface area (Å²) in [5.41, 5.74) is 1.24. The predicted molar refractivity (Wildman–Crippen MR) is 94.8 cm³/mol. The molecule has 0 spiro atoms. The second-order valence-corrected chi connectivity index (χ2v) is 6.24. The first-order valence-electron chi connectivity index (χ1n) is 8.16. The van der Waals surface area contributed by atoms with Gasteiger partial charge in [-0.1, -0.05) is 23.7 Å². The van der Waals surface area contributed by atoms with Gasteiger partial charge in [0.15, 0.2) is 5.96 Å². The third-order valence-corrected chi connectivity index (χ3v) is 4.31. The van der Waals surface area contributed by atoms with E-state index < -0.39 is 0 Å². The molecule has 1 atom stereocenters. The molecule has 1 aromatic carbocycles. The van der Waals surface area contributed by atoms with Crippen molar-refractivity contribution < 1.29 is 0 Å². The molecular formula is C17H27ClN4. The van der Waals surface area contributed by atoms with Crippen LogP contribution in [-0.2, 0) is 6.42 Å². The van der Waals surface area contributed by atoms with Gasteiger partial charge >= 0.3 is 0 Å². The maximum Gasteiger partial charge on any atom is 0.191 e. The van der Waals surface area contributed by atoms with Crippen LogP contribution in [0.2, 0.25) is 5.02 Å². The van der Waals surface area contributed by atoms with Crippen molar-refractivity contribution >= 4 is 17.6 Å². The van der Waals surface area contributed by atoms with E-state index >= 15 is 0 Å². The van der Waals surface area contributed by atoms with Crippen LogP contribution in [0.25, 0.3) is 0 Å². The van der Waals surface area contributed by atoms with Crippen molar-refractivity contribution in [3.8, 4) is 0 Å². The number of benzene rings is 1. The third-order valence-electron chi connectivity index (χ3n) is 4.07. The molecule has 0 radical (unpaired) electrons. The van der Waals surface area contributed by atoms with Crippen molar-refractivity contribution in [3.05, 3.63) is 34.9 Å². The highest BCUT2D eigenvalue weighted by Gasteiger charge is 2.20. The lowest BCUT2D eigenvalue weighted by Crippen LogP contribution is -2.39. The quantitative estimate of drug-likeness (QED) is 0.624. The average Bonchev–Trinajstić information content (AvgIpc) is 2.90. The monoisotopic (exact) mass is 322 g/mol. The highest BCUT2D eigenvalue weighted by Crippen LogP contribution is 2.14. The standard InChI is InChI=1S/C17H27ClN4/c1-3-19-17(21-13-16-8-5-11-22(16)2)20-10-9-14-6-4-7-15(18)12-14/h4,6-7,12,16H,3,5,8-11,13H2,1-2H3,(H2,19,20,21). The lowest BCUT2D eigenvalue weighted by Gasteiger charge is -2.18. The second kappa shape index (κ2) is 9.01. The Hall–Kier alpha value is -1.26. The van der Waals surface area contributed by atoms with Crippen LogP contribution >= 0.6 is 11.6 Å². The van der Waals surface area contributed by atoms with E-state index in [2.05, 4.69) is 35.6 Å². The van der Waals surface area contributed by atoms with E-state index in [0.717, 1.165) is 37.0 Å². The number of likely N-dealkylation sites (N-methyl/N-ethyl adjacent to an activating group) is 1. The Kier molecular flexibility index (Phi) is 7.00. The Morgan fingerprint density at radius 1 is 1.41 bits per heavy atom. The van der Waals surface area contributed by atoms with Gasteiger partial charge in [-0.2, -0.15) is 0 Å². The van der Waals surface area contributed by atoms with Crippen molar-refractivity contribution in [1.82, 2.24) is 15.5 Å². The fraction of sp³-hybridized carbons (Fsp3) is 0.588. The van der Waals surface area contributed by atoms with Crippen molar-refractivity contribution in [2.45, 2.75) is 32.2 Å². The fourth-order valence-electron chi connectivity index (χ4n) is 2.77.